The number of aromatic nitrogens is 2. The average molecular weight is 258 g/mol. The van der Waals surface area contributed by atoms with Crippen LogP contribution in [0.2, 0.25) is 0 Å². The standard InChI is InChI=1S/C14H18N4O/c1-2-11-3-4-12(19-11)9-18-6-5-13-10(8-18)7-16-14(15)17-13/h3-4,7H,2,5-6,8-9H2,1H3,(H2,15,16,17). The summed E-state index contributed by atoms with van der Waals surface area (Å²) in [6, 6.07) is 4.12. The van der Waals surface area contributed by atoms with Crippen molar-refractivity contribution in [2.75, 3.05) is 12.3 Å². The highest BCUT2D eigenvalue weighted by molar-refractivity contribution is 5.27. The van der Waals surface area contributed by atoms with Gasteiger partial charge in [0.2, 0.25) is 5.95 Å². The zero-order valence-electron chi connectivity index (χ0n) is 11.1. The zero-order valence-corrected chi connectivity index (χ0v) is 11.1. The maximum Gasteiger partial charge on any atom is 0.220 e. The van der Waals surface area contributed by atoms with Gasteiger partial charge in [-0.1, -0.05) is 6.92 Å². The van der Waals surface area contributed by atoms with E-state index in [0.29, 0.717) is 5.95 Å². The molecule has 2 aromatic heterocycles. The van der Waals surface area contributed by atoms with Crippen LogP contribution in [0.5, 0.6) is 0 Å². The molecule has 0 aromatic carbocycles. The maximum absolute atomic E-state index is 5.75. The third-order valence-electron chi connectivity index (χ3n) is 3.48. The summed E-state index contributed by atoms with van der Waals surface area (Å²) < 4.78 is 5.75. The molecular formula is C14H18N4O. The van der Waals surface area contributed by atoms with Crippen molar-refractivity contribution in [1.29, 1.82) is 0 Å². The summed E-state index contributed by atoms with van der Waals surface area (Å²) in [5, 5.41) is 0. The second kappa shape index (κ2) is 5.01. The van der Waals surface area contributed by atoms with Crippen molar-refractivity contribution in [2.45, 2.75) is 32.9 Å². The van der Waals surface area contributed by atoms with Gasteiger partial charge in [0.25, 0.3) is 0 Å². The highest BCUT2D eigenvalue weighted by atomic mass is 16.3. The first kappa shape index (κ1) is 12.2. The summed E-state index contributed by atoms with van der Waals surface area (Å²) in [6.07, 6.45) is 3.70. The highest BCUT2D eigenvalue weighted by Gasteiger charge is 2.19. The number of aryl methyl sites for hydroxylation is 1. The Morgan fingerprint density at radius 1 is 1.37 bits per heavy atom. The van der Waals surface area contributed by atoms with Gasteiger partial charge in [-0.05, 0) is 12.1 Å². The Morgan fingerprint density at radius 2 is 2.21 bits per heavy atom. The first-order valence-electron chi connectivity index (χ1n) is 6.65. The largest absolute Gasteiger partial charge is 0.465 e. The number of nitrogens with zero attached hydrogens (tertiary/aromatic N) is 3. The fourth-order valence-electron chi connectivity index (χ4n) is 2.44. The van der Waals surface area contributed by atoms with Crippen LogP contribution < -0.4 is 5.73 Å². The normalized spacial score (nSPS) is 15.4. The first-order chi connectivity index (χ1) is 9.24. The molecule has 0 saturated carbocycles. The van der Waals surface area contributed by atoms with Crippen molar-refractivity contribution in [3.05, 3.63) is 41.1 Å². The predicted molar refractivity (Wildman–Crippen MR) is 72.3 cm³/mol. The minimum absolute atomic E-state index is 0.367. The Bertz CT molecular complexity index is 579. The van der Waals surface area contributed by atoms with E-state index in [2.05, 4.69) is 33.9 Å². The number of anilines is 1. The molecule has 3 heterocycles. The Labute approximate surface area is 112 Å². The van der Waals surface area contributed by atoms with Crippen LogP contribution in [0.15, 0.2) is 22.7 Å². The molecule has 1 aliphatic heterocycles. The summed E-state index contributed by atoms with van der Waals surface area (Å²) in [5.41, 5.74) is 7.86. The van der Waals surface area contributed by atoms with Crippen molar-refractivity contribution in [3.63, 3.8) is 0 Å². The fourth-order valence-corrected chi connectivity index (χ4v) is 2.44. The van der Waals surface area contributed by atoms with Gasteiger partial charge in [0.1, 0.15) is 11.5 Å². The van der Waals surface area contributed by atoms with E-state index in [4.69, 9.17) is 10.2 Å². The zero-order chi connectivity index (χ0) is 13.2. The molecule has 0 saturated heterocycles. The minimum atomic E-state index is 0.367. The third kappa shape index (κ3) is 2.61. The summed E-state index contributed by atoms with van der Waals surface area (Å²) in [7, 11) is 0. The number of fused-ring (bicyclic) bond motifs is 1. The molecule has 0 spiro atoms. The van der Waals surface area contributed by atoms with Gasteiger partial charge in [-0.15, -0.1) is 0 Å². The molecule has 0 amide bonds. The van der Waals surface area contributed by atoms with Gasteiger partial charge in [-0.3, -0.25) is 4.90 Å². The summed E-state index contributed by atoms with van der Waals surface area (Å²) in [4.78, 5) is 10.7. The SMILES string of the molecule is CCc1ccc(CN2CCc3nc(N)ncc3C2)o1. The van der Waals surface area contributed by atoms with E-state index in [1.165, 1.54) is 5.56 Å². The van der Waals surface area contributed by atoms with Gasteiger partial charge in [0.15, 0.2) is 0 Å². The smallest absolute Gasteiger partial charge is 0.220 e. The number of hydrogen-bond donors (Lipinski definition) is 1. The first-order valence-corrected chi connectivity index (χ1v) is 6.65. The maximum atomic E-state index is 5.75. The minimum Gasteiger partial charge on any atom is -0.465 e. The summed E-state index contributed by atoms with van der Waals surface area (Å²) in [6.45, 7) is 4.77. The van der Waals surface area contributed by atoms with Gasteiger partial charge >= 0.3 is 0 Å². The number of furan rings is 1. The topological polar surface area (TPSA) is 68.2 Å². The van der Waals surface area contributed by atoms with Crippen LogP contribution in [0.1, 0.15) is 29.7 Å². The van der Waals surface area contributed by atoms with Crippen molar-refractivity contribution in [2.24, 2.45) is 0 Å². The molecule has 100 valence electrons. The van der Waals surface area contributed by atoms with E-state index in [1.807, 2.05) is 6.20 Å². The van der Waals surface area contributed by atoms with E-state index < -0.39 is 0 Å². The molecule has 3 rings (SSSR count). The molecule has 1 aliphatic rings. The Balaban J connectivity index is 1.70. The second-order valence-electron chi connectivity index (χ2n) is 4.88. The lowest BCUT2D eigenvalue weighted by Gasteiger charge is -2.26. The number of nitrogens with two attached hydrogens (primary N) is 1. The van der Waals surface area contributed by atoms with Crippen LogP contribution >= 0.6 is 0 Å². The van der Waals surface area contributed by atoms with Crippen LogP contribution in [0.3, 0.4) is 0 Å². The van der Waals surface area contributed by atoms with Crippen molar-refractivity contribution in [3.8, 4) is 0 Å². The molecule has 2 N–H and O–H groups in total. The molecule has 0 fully saturated rings. The molecule has 0 unspecified atom stereocenters. The van der Waals surface area contributed by atoms with E-state index in [1.54, 1.807) is 0 Å². The molecule has 0 aliphatic carbocycles. The van der Waals surface area contributed by atoms with Crippen molar-refractivity contribution in [1.82, 2.24) is 14.9 Å². The van der Waals surface area contributed by atoms with Crippen LogP contribution in [0.25, 0.3) is 0 Å². The lowest BCUT2D eigenvalue weighted by atomic mass is 10.1. The van der Waals surface area contributed by atoms with E-state index in [0.717, 1.165) is 49.7 Å². The van der Waals surface area contributed by atoms with Gasteiger partial charge in [0, 0.05) is 37.7 Å². The highest BCUT2D eigenvalue weighted by Crippen LogP contribution is 2.19. The Hall–Kier alpha value is -1.88. The molecule has 19 heavy (non-hydrogen) atoms. The molecule has 5 heteroatoms. The van der Waals surface area contributed by atoms with E-state index in [9.17, 15) is 0 Å². The van der Waals surface area contributed by atoms with Crippen LogP contribution in [0.4, 0.5) is 5.95 Å². The molecule has 5 nitrogen and oxygen atoms in total. The van der Waals surface area contributed by atoms with Gasteiger partial charge < -0.3 is 10.2 Å². The van der Waals surface area contributed by atoms with E-state index in [-0.39, 0.29) is 0 Å². The van der Waals surface area contributed by atoms with Crippen LogP contribution in [-0.4, -0.2) is 21.4 Å². The van der Waals surface area contributed by atoms with Gasteiger partial charge in [-0.25, -0.2) is 9.97 Å². The second-order valence-corrected chi connectivity index (χ2v) is 4.88. The lowest BCUT2D eigenvalue weighted by molar-refractivity contribution is 0.221. The fraction of sp³-hybridized carbons (Fsp3) is 0.429. The molecule has 0 bridgehead atoms. The monoisotopic (exact) mass is 258 g/mol. The van der Waals surface area contributed by atoms with Crippen LogP contribution in [-0.2, 0) is 25.9 Å². The number of hydrogen-bond acceptors (Lipinski definition) is 5. The number of nitrogen functional groups attached to an aromatic ring is 1. The summed E-state index contributed by atoms with van der Waals surface area (Å²) >= 11 is 0. The third-order valence-corrected chi connectivity index (χ3v) is 3.48. The van der Waals surface area contributed by atoms with Crippen molar-refractivity contribution >= 4 is 5.95 Å². The molecular weight excluding hydrogens is 240 g/mol. The van der Waals surface area contributed by atoms with E-state index >= 15 is 0 Å². The van der Waals surface area contributed by atoms with Gasteiger partial charge in [0.05, 0.1) is 12.2 Å². The lowest BCUT2D eigenvalue weighted by Crippen LogP contribution is -2.30. The van der Waals surface area contributed by atoms with Crippen LogP contribution in [0, 0.1) is 0 Å². The number of rotatable bonds is 3. The Kier molecular flexibility index (Phi) is 3.21. The van der Waals surface area contributed by atoms with Gasteiger partial charge in [-0.2, -0.15) is 0 Å². The summed E-state index contributed by atoms with van der Waals surface area (Å²) in [5.74, 6) is 2.44. The Morgan fingerprint density at radius 3 is 3.00 bits per heavy atom. The van der Waals surface area contributed by atoms with Crippen molar-refractivity contribution < 1.29 is 4.42 Å². The predicted octanol–water partition coefficient (Wildman–Crippen LogP) is 1.77. The quantitative estimate of drug-likeness (QED) is 0.908. The molecule has 0 atom stereocenters. The molecule has 2 aromatic rings. The molecule has 0 radical (unpaired) electrons. The average Bonchev–Trinajstić information content (AvgIpc) is 2.86.